The largest absolute Gasteiger partial charge is 0.506 e. The average molecular weight is 411 g/mol. The highest BCUT2D eigenvalue weighted by Crippen LogP contribution is 2.44. The molecule has 116 valence electrons. The van der Waals surface area contributed by atoms with Crippen molar-refractivity contribution in [1.82, 2.24) is 0 Å². The highest BCUT2D eigenvalue weighted by Gasteiger charge is 2.20. The maximum Gasteiger partial charge on any atom is 0.139 e. The summed E-state index contributed by atoms with van der Waals surface area (Å²) in [6.07, 6.45) is -0.0457. The van der Waals surface area contributed by atoms with Gasteiger partial charge in [0.1, 0.15) is 11.5 Å². The molecule has 2 aromatic carbocycles. The molecule has 0 amide bonds. The molecule has 0 spiro atoms. The number of halogens is 6. The molecule has 0 saturated heterocycles. The third kappa shape index (κ3) is 3.26. The van der Waals surface area contributed by atoms with Crippen LogP contribution in [0.1, 0.15) is 14.0 Å². The second-order valence-corrected chi connectivity index (χ2v) is 6.52. The molecule has 0 saturated carbocycles. The third-order valence-corrected chi connectivity index (χ3v) is 5.06. The summed E-state index contributed by atoms with van der Waals surface area (Å²) in [5, 5.41) is 20.6. The molecule has 0 fully saturated rings. The van der Waals surface area contributed by atoms with Gasteiger partial charge in [-0.25, -0.2) is 0 Å². The molecule has 0 aliphatic carbocycles. The van der Waals surface area contributed by atoms with E-state index in [1.807, 2.05) is 0 Å². The molecule has 0 radical (unpaired) electrons. The van der Waals surface area contributed by atoms with E-state index in [9.17, 15) is 10.2 Å². The summed E-state index contributed by atoms with van der Waals surface area (Å²) < 4.78 is 0. The van der Waals surface area contributed by atoms with Gasteiger partial charge in [0.05, 0.1) is 30.1 Å². The molecule has 2 N–H and O–H groups in total. The molecule has 0 unspecified atom stereocenters. The Bertz CT molecular complexity index is 625. The quantitative estimate of drug-likeness (QED) is 0.518. The number of hydrogen-bond donors (Lipinski definition) is 2. The zero-order valence-electron chi connectivity index (χ0n) is 10.0. The molecule has 21 heavy (non-hydrogen) atoms. The number of benzene rings is 2. The zero-order valence-corrected chi connectivity index (χ0v) is 14.6. The predicted octanol–water partition coefficient (Wildman–Crippen LogP) is 7.10. The number of hydrogen-bond acceptors (Lipinski definition) is 2. The standard InChI is InChI=1S/C13H6Cl6O2.2H2/c14-6-2-8(16)12(20)4(10(6)18)1-5-11(19)7(15)3-9(17)13(5)21;;/h2-3,20-21H,1H2;2*1H. The van der Waals surface area contributed by atoms with Crippen molar-refractivity contribution in [3.63, 3.8) is 0 Å². The minimum Gasteiger partial charge on any atom is -0.506 e. The molecule has 0 bridgehead atoms. The van der Waals surface area contributed by atoms with E-state index in [4.69, 9.17) is 69.6 Å². The van der Waals surface area contributed by atoms with Gasteiger partial charge in [-0.3, -0.25) is 0 Å². The lowest BCUT2D eigenvalue weighted by molar-refractivity contribution is 0.463. The normalized spacial score (nSPS) is 11.0. The molecule has 0 heterocycles. The van der Waals surface area contributed by atoms with Crippen LogP contribution in [0.3, 0.4) is 0 Å². The number of phenols is 2. The molecular formula is C13H10Cl6O2. The van der Waals surface area contributed by atoms with Crippen molar-refractivity contribution in [2.45, 2.75) is 6.42 Å². The minimum absolute atomic E-state index is 0. The smallest absolute Gasteiger partial charge is 0.139 e. The van der Waals surface area contributed by atoms with Gasteiger partial charge in [-0.1, -0.05) is 69.6 Å². The summed E-state index contributed by atoms with van der Waals surface area (Å²) in [7, 11) is 0. The molecule has 2 aromatic rings. The lowest BCUT2D eigenvalue weighted by Gasteiger charge is -2.14. The van der Waals surface area contributed by atoms with E-state index in [0.717, 1.165) is 0 Å². The van der Waals surface area contributed by atoms with Crippen LogP contribution < -0.4 is 0 Å². The Hall–Kier alpha value is -0.220. The Morgan fingerprint density at radius 1 is 0.667 bits per heavy atom. The first-order valence-electron chi connectivity index (χ1n) is 5.44. The van der Waals surface area contributed by atoms with Crippen LogP contribution in [0.25, 0.3) is 0 Å². The Labute approximate surface area is 153 Å². The maximum absolute atomic E-state index is 10.0. The first-order chi connectivity index (χ1) is 9.73. The van der Waals surface area contributed by atoms with E-state index in [-0.39, 0.29) is 62.0 Å². The first kappa shape index (κ1) is 17.1. The van der Waals surface area contributed by atoms with Crippen molar-refractivity contribution in [3.8, 4) is 11.5 Å². The summed E-state index contributed by atoms with van der Waals surface area (Å²) in [6, 6.07) is 2.63. The Morgan fingerprint density at radius 3 is 1.33 bits per heavy atom. The van der Waals surface area contributed by atoms with Crippen molar-refractivity contribution < 1.29 is 13.1 Å². The Balaban J connectivity index is 0.00000242. The molecule has 0 aliphatic heterocycles. The fourth-order valence-electron chi connectivity index (χ4n) is 1.77. The fourth-order valence-corrected chi connectivity index (χ4v) is 3.20. The maximum atomic E-state index is 10.0. The first-order valence-corrected chi connectivity index (χ1v) is 7.71. The Kier molecular flexibility index (Phi) is 5.30. The number of aromatic hydroxyl groups is 2. The SMILES string of the molecule is Oc1c(Cl)cc(Cl)c(Cl)c1Cc1c(O)c(Cl)cc(Cl)c1Cl.[HH].[HH]. The molecular weight excluding hydrogens is 401 g/mol. The van der Waals surface area contributed by atoms with Crippen LogP contribution in [0.5, 0.6) is 11.5 Å². The second kappa shape index (κ2) is 6.49. The van der Waals surface area contributed by atoms with Crippen LogP contribution in [0.4, 0.5) is 0 Å². The summed E-state index contributed by atoms with van der Waals surface area (Å²) >= 11 is 35.7. The summed E-state index contributed by atoms with van der Waals surface area (Å²) in [5.74, 6) is -0.504. The van der Waals surface area contributed by atoms with Crippen molar-refractivity contribution >= 4 is 69.6 Å². The fraction of sp³-hybridized carbons (Fsp3) is 0.0769. The lowest BCUT2D eigenvalue weighted by Crippen LogP contribution is -1.95. The zero-order chi connectivity index (χ0) is 15.9. The van der Waals surface area contributed by atoms with Gasteiger partial charge in [0.2, 0.25) is 0 Å². The highest BCUT2D eigenvalue weighted by molar-refractivity contribution is 6.45. The van der Waals surface area contributed by atoms with E-state index in [1.54, 1.807) is 0 Å². The average Bonchev–Trinajstić information content (AvgIpc) is 2.42. The van der Waals surface area contributed by atoms with Crippen LogP contribution in [0, 0.1) is 0 Å². The van der Waals surface area contributed by atoms with Crippen molar-refractivity contribution in [2.24, 2.45) is 0 Å². The van der Waals surface area contributed by atoms with Gasteiger partial charge in [-0.15, -0.1) is 0 Å². The van der Waals surface area contributed by atoms with Crippen LogP contribution in [0.15, 0.2) is 12.1 Å². The van der Waals surface area contributed by atoms with Gasteiger partial charge in [0.25, 0.3) is 0 Å². The molecule has 2 nitrogen and oxygen atoms in total. The van der Waals surface area contributed by atoms with E-state index < -0.39 is 0 Å². The van der Waals surface area contributed by atoms with Gasteiger partial charge in [-0.2, -0.15) is 0 Å². The van der Waals surface area contributed by atoms with Gasteiger partial charge in [0, 0.05) is 20.4 Å². The topological polar surface area (TPSA) is 40.5 Å². The molecule has 0 aliphatic rings. The van der Waals surface area contributed by atoms with Gasteiger partial charge in [0.15, 0.2) is 0 Å². The molecule has 0 aromatic heterocycles. The monoisotopic (exact) mass is 408 g/mol. The highest BCUT2D eigenvalue weighted by atomic mass is 35.5. The predicted molar refractivity (Wildman–Crippen MR) is 93.3 cm³/mol. The number of rotatable bonds is 2. The molecule has 2 rings (SSSR count). The minimum atomic E-state index is -0.252. The van der Waals surface area contributed by atoms with Crippen molar-refractivity contribution in [3.05, 3.63) is 53.4 Å². The molecule has 8 heteroatoms. The van der Waals surface area contributed by atoms with Gasteiger partial charge < -0.3 is 10.2 Å². The second-order valence-electron chi connectivity index (χ2n) is 4.14. The van der Waals surface area contributed by atoms with Crippen LogP contribution in [0.2, 0.25) is 30.1 Å². The summed E-state index contributed by atoms with van der Waals surface area (Å²) in [4.78, 5) is 0. The third-order valence-electron chi connectivity index (χ3n) is 2.83. The number of phenolic OH excluding ortho intramolecular Hbond substituents is 2. The molecule has 0 atom stereocenters. The van der Waals surface area contributed by atoms with Crippen molar-refractivity contribution in [1.29, 1.82) is 0 Å². The summed E-state index contributed by atoms with van der Waals surface area (Å²) in [6.45, 7) is 0. The van der Waals surface area contributed by atoms with E-state index in [1.165, 1.54) is 12.1 Å². The van der Waals surface area contributed by atoms with Crippen LogP contribution in [-0.2, 0) is 6.42 Å². The summed E-state index contributed by atoms with van der Waals surface area (Å²) in [5.41, 5.74) is 0.425. The van der Waals surface area contributed by atoms with E-state index >= 15 is 0 Å². The van der Waals surface area contributed by atoms with Crippen LogP contribution >= 0.6 is 69.6 Å². The Morgan fingerprint density at radius 2 is 1.00 bits per heavy atom. The van der Waals surface area contributed by atoms with Crippen molar-refractivity contribution in [2.75, 3.05) is 0 Å². The van der Waals surface area contributed by atoms with Gasteiger partial charge in [-0.05, 0) is 12.1 Å². The van der Waals surface area contributed by atoms with E-state index in [0.29, 0.717) is 0 Å². The van der Waals surface area contributed by atoms with E-state index in [2.05, 4.69) is 0 Å². The van der Waals surface area contributed by atoms with Gasteiger partial charge >= 0.3 is 0 Å². The lowest BCUT2D eigenvalue weighted by atomic mass is 10.0. The van der Waals surface area contributed by atoms with Crippen LogP contribution in [-0.4, -0.2) is 10.2 Å².